The quantitative estimate of drug-likeness (QED) is 0.219. The number of rotatable bonds is 8. The molecule has 0 aliphatic carbocycles. The van der Waals surface area contributed by atoms with Crippen molar-refractivity contribution in [1.82, 2.24) is 5.43 Å². The van der Waals surface area contributed by atoms with Crippen molar-refractivity contribution >= 4 is 44.1 Å². The number of non-ortho nitro benzene ring substituents is 1. The monoisotopic (exact) mass is 449 g/mol. The summed E-state index contributed by atoms with van der Waals surface area (Å²) in [5.41, 5.74) is 3.25. The molecule has 1 fully saturated rings. The average Bonchev–Trinajstić information content (AvgIpc) is 3.05. The van der Waals surface area contributed by atoms with Crippen molar-refractivity contribution in [2.45, 2.75) is 42.2 Å². The minimum absolute atomic E-state index is 0.0380. The maximum atomic E-state index is 11.7. The molecule has 1 N–H and O–H groups in total. The van der Waals surface area contributed by atoms with Crippen LogP contribution < -0.4 is 5.43 Å². The summed E-state index contributed by atoms with van der Waals surface area (Å²) in [6, 6.07) is 6.02. The number of nitro benzene ring substituents is 1. The van der Waals surface area contributed by atoms with Gasteiger partial charge in [0.2, 0.25) is 0 Å². The molecule has 1 heterocycles. The van der Waals surface area contributed by atoms with Gasteiger partial charge >= 0.3 is 126 Å². The number of hydrogen-bond acceptors (Lipinski definition) is 4. The van der Waals surface area contributed by atoms with Gasteiger partial charge in [-0.1, -0.05) is 0 Å². The molecule has 1 aromatic carbocycles. The van der Waals surface area contributed by atoms with Crippen molar-refractivity contribution in [2.24, 2.45) is 5.10 Å². The van der Waals surface area contributed by atoms with Crippen LogP contribution in [0, 0.1) is 10.1 Å². The number of nitro groups is 1. The van der Waals surface area contributed by atoms with Gasteiger partial charge in [-0.25, -0.2) is 0 Å². The Morgan fingerprint density at radius 2 is 2.17 bits per heavy atom. The normalized spacial score (nSPS) is 17.5. The summed E-state index contributed by atoms with van der Waals surface area (Å²) in [5.74, 6) is -0.0793. The second-order valence-corrected chi connectivity index (χ2v) is 13.0. The Morgan fingerprint density at radius 1 is 1.39 bits per heavy atom. The molecule has 124 valence electrons. The van der Waals surface area contributed by atoms with Crippen LogP contribution in [0.5, 0.6) is 0 Å². The number of benzene rings is 1. The van der Waals surface area contributed by atoms with E-state index in [-0.39, 0.29) is 11.6 Å². The fourth-order valence-electron chi connectivity index (χ4n) is 2.14. The Hall–Kier alpha value is -1.20. The van der Waals surface area contributed by atoms with Crippen LogP contribution in [0.2, 0.25) is 10.1 Å². The van der Waals surface area contributed by atoms with Crippen LogP contribution in [0.3, 0.4) is 0 Å². The summed E-state index contributed by atoms with van der Waals surface area (Å²) in [7, 11) is 0. The van der Waals surface area contributed by atoms with E-state index >= 15 is 0 Å². The van der Waals surface area contributed by atoms with Crippen molar-refractivity contribution in [3.05, 3.63) is 39.9 Å². The van der Waals surface area contributed by atoms with E-state index in [9.17, 15) is 14.9 Å². The molecule has 1 saturated heterocycles. The summed E-state index contributed by atoms with van der Waals surface area (Å²) in [4.78, 5) is 22.7. The third kappa shape index (κ3) is 6.83. The van der Waals surface area contributed by atoms with E-state index in [2.05, 4.69) is 10.5 Å². The van der Waals surface area contributed by atoms with Gasteiger partial charge in [-0.15, -0.1) is 0 Å². The zero-order chi connectivity index (χ0) is 16.5. The van der Waals surface area contributed by atoms with Crippen molar-refractivity contribution in [3.63, 3.8) is 0 Å². The Morgan fingerprint density at radius 3 is 2.83 bits per heavy atom. The predicted octanol–water partition coefficient (Wildman–Crippen LogP) is 2.54. The van der Waals surface area contributed by atoms with Gasteiger partial charge in [-0.05, 0) is 0 Å². The average molecular weight is 447 g/mol. The van der Waals surface area contributed by atoms with E-state index in [0.29, 0.717) is 12.0 Å². The van der Waals surface area contributed by atoms with E-state index in [1.807, 2.05) is 0 Å². The van der Waals surface area contributed by atoms with Crippen LogP contribution >= 0.6 is 0 Å². The number of carbonyl (C=O) groups excluding carboxylic acids is 1. The summed E-state index contributed by atoms with van der Waals surface area (Å²) < 4.78 is 0. The fourth-order valence-corrected chi connectivity index (χ4v) is 11.6. The van der Waals surface area contributed by atoms with E-state index in [1.165, 1.54) is 36.5 Å². The van der Waals surface area contributed by atoms with E-state index in [4.69, 9.17) is 0 Å². The molecule has 6 nitrogen and oxygen atoms in total. The summed E-state index contributed by atoms with van der Waals surface area (Å²) >= 11 is 1.83. The van der Waals surface area contributed by atoms with Gasteiger partial charge in [-0.3, -0.25) is 10.1 Å². The SMILES string of the molecule is O=C(CCCCC1CC[Se][Se]1)N/N=C/c1ccc([N+](=O)[O-])cc1. The van der Waals surface area contributed by atoms with Gasteiger partial charge in [0.1, 0.15) is 0 Å². The Balaban J connectivity index is 1.62. The van der Waals surface area contributed by atoms with Crippen LogP contribution in [0.4, 0.5) is 5.69 Å². The van der Waals surface area contributed by atoms with Crippen molar-refractivity contribution in [3.8, 4) is 0 Å². The van der Waals surface area contributed by atoms with Gasteiger partial charge in [0.25, 0.3) is 5.69 Å². The molecular formula is C15H19N3O3Se2. The Bertz CT molecular complexity index is 558. The number of carbonyl (C=O) groups is 1. The first kappa shape index (κ1) is 18.1. The first-order valence-electron chi connectivity index (χ1n) is 7.50. The van der Waals surface area contributed by atoms with Crippen LogP contribution in [-0.4, -0.2) is 43.3 Å². The molecule has 1 aliphatic heterocycles. The molecule has 1 aliphatic rings. The molecule has 1 atom stereocenters. The zero-order valence-electron chi connectivity index (χ0n) is 12.6. The number of amides is 1. The van der Waals surface area contributed by atoms with Crippen LogP contribution in [-0.2, 0) is 4.79 Å². The van der Waals surface area contributed by atoms with Crippen molar-refractivity contribution in [2.75, 3.05) is 0 Å². The molecule has 1 unspecified atom stereocenters. The zero-order valence-corrected chi connectivity index (χ0v) is 16.1. The first-order chi connectivity index (χ1) is 11.1. The predicted molar refractivity (Wildman–Crippen MR) is 92.0 cm³/mol. The van der Waals surface area contributed by atoms with Crippen LogP contribution in [0.25, 0.3) is 0 Å². The van der Waals surface area contributed by atoms with E-state index in [1.54, 1.807) is 12.1 Å². The van der Waals surface area contributed by atoms with E-state index < -0.39 is 4.92 Å². The number of hydrogen-bond donors (Lipinski definition) is 1. The van der Waals surface area contributed by atoms with Gasteiger partial charge in [0.15, 0.2) is 0 Å². The number of nitrogens with one attached hydrogen (secondary N) is 1. The summed E-state index contributed by atoms with van der Waals surface area (Å²) in [6.07, 6.45) is 6.72. The maximum absolute atomic E-state index is 11.7. The van der Waals surface area contributed by atoms with Crippen LogP contribution in [0.1, 0.15) is 37.7 Å². The molecule has 0 saturated carbocycles. The third-order valence-electron chi connectivity index (χ3n) is 3.41. The van der Waals surface area contributed by atoms with Gasteiger partial charge in [0, 0.05) is 0 Å². The molecule has 23 heavy (non-hydrogen) atoms. The second kappa shape index (κ2) is 9.83. The summed E-state index contributed by atoms with van der Waals surface area (Å²) in [6.45, 7) is 0. The number of nitrogens with zero attached hydrogens (tertiary/aromatic N) is 2. The first-order valence-corrected chi connectivity index (χ1v) is 14.0. The molecule has 1 amide bonds. The standard InChI is InChI=1S/C15H19N3O3Se2/c19-15(4-2-1-3-14-9-10-22-23-14)17-16-11-12-5-7-13(8-6-12)18(20)21/h5-8,11,14H,1-4,9-10H2,(H,17,19)/b16-11+. The second-order valence-electron chi connectivity index (χ2n) is 5.22. The molecule has 0 spiro atoms. The fraction of sp³-hybridized carbons (Fsp3) is 0.467. The molecule has 0 aromatic heterocycles. The molecule has 0 bridgehead atoms. The minimum atomic E-state index is -0.448. The van der Waals surface area contributed by atoms with Crippen molar-refractivity contribution < 1.29 is 9.72 Å². The van der Waals surface area contributed by atoms with E-state index in [0.717, 1.165) is 43.9 Å². The number of unbranched alkanes of at least 4 members (excludes halogenated alkanes) is 1. The molecular weight excluding hydrogens is 428 g/mol. The van der Waals surface area contributed by atoms with Crippen LogP contribution in [0.15, 0.2) is 29.4 Å². The number of hydrazone groups is 1. The topological polar surface area (TPSA) is 84.6 Å². The molecule has 1 aromatic rings. The van der Waals surface area contributed by atoms with Crippen molar-refractivity contribution in [1.29, 1.82) is 0 Å². The molecule has 0 radical (unpaired) electrons. The Kier molecular flexibility index (Phi) is 7.75. The van der Waals surface area contributed by atoms with Gasteiger partial charge < -0.3 is 0 Å². The molecule has 2 rings (SSSR count). The van der Waals surface area contributed by atoms with Gasteiger partial charge in [0.05, 0.1) is 4.92 Å². The summed E-state index contributed by atoms with van der Waals surface area (Å²) in [5, 5.41) is 15.9. The molecule has 8 heteroatoms. The Labute approximate surface area is 146 Å². The van der Waals surface area contributed by atoms with Gasteiger partial charge in [-0.2, -0.15) is 0 Å². The third-order valence-corrected chi connectivity index (χ3v) is 12.4.